The molecular weight excluding hydrogens is 314 g/mol. The molecule has 0 aliphatic carbocycles. The second-order valence-corrected chi connectivity index (χ2v) is 8.54. The third-order valence-corrected chi connectivity index (χ3v) is 5.70. The van der Waals surface area contributed by atoms with E-state index < -0.39 is 9.84 Å². The summed E-state index contributed by atoms with van der Waals surface area (Å²) in [5, 5.41) is 0. The molecule has 0 spiro atoms. The summed E-state index contributed by atoms with van der Waals surface area (Å²) in [5.41, 5.74) is 2.20. The van der Waals surface area contributed by atoms with E-state index in [1.807, 2.05) is 48.2 Å². The number of amides is 1. The molecule has 0 N–H and O–H groups in total. The van der Waals surface area contributed by atoms with Crippen LogP contribution in [0.3, 0.4) is 0 Å². The molecule has 7 heteroatoms. The number of hydrogen-bond donors (Lipinski definition) is 0. The molecule has 1 saturated heterocycles. The minimum Gasteiger partial charge on any atom is -0.378 e. The van der Waals surface area contributed by atoms with Gasteiger partial charge in [0, 0.05) is 46.5 Å². The van der Waals surface area contributed by atoms with E-state index in [0.29, 0.717) is 19.6 Å². The Morgan fingerprint density at radius 2 is 1.65 bits per heavy atom. The standard InChI is InChI=1S/C16H25N3O3S/c1-17(2)15-6-4-14(5-7-15)12-18(3)16(20)13-19-8-10-23(21,22)11-9-19/h4-7H,8-13H2,1-3H3. The maximum absolute atomic E-state index is 12.3. The van der Waals surface area contributed by atoms with Crippen molar-refractivity contribution in [3.8, 4) is 0 Å². The Bertz CT molecular complexity index is 627. The molecule has 0 atom stereocenters. The molecule has 0 radical (unpaired) electrons. The summed E-state index contributed by atoms with van der Waals surface area (Å²) >= 11 is 0. The van der Waals surface area contributed by atoms with Gasteiger partial charge in [-0.05, 0) is 17.7 Å². The van der Waals surface area contributed by atoms with Crippen LogP contribution in [-0.4, -0.2) is 76.4 Å². The smallest absolute Gasteiger partial charge is 0.236 e. The first-order valence-corrected chi connectivity index (χ1v) is 9.52. The van der Waals surface area contributed by atoms with Crippen molar-refractivity contribution in [2.45, 2.75) is 6.54 Å². The van der Waals surface area contributed by atoms with Crippen LogP contribution in [0.15, 0.2) is 24.3 Å². The van der Waals surface area contributed by atoms with Gasteiger partial charge in [0.15, 0.2) is 9.84 Å². The van der Waals surface area contributed by atoms with Crippen LogP contribution in [0.2, 0.25) is 0 Å². The van der Waals surface area contributed by atoms with Gasteiger partial charge >= 0.3 is 0 Å². The van der Waals surface area contributed by atoms with Crippen LogP contribution in [0.1, 0.15) is 5.56 Å². The highest BCUT2D eigenvalue weighted by molar-refractivity contribution is 7.91. The molecule has 1 aliphatic rings. The molecule has 0 unspecified atom stereocenters. The van der Waals surface area contributed by atoms with Crippen molar-refractivity contribution in [1.82, 2.24) is 9.80 Å². The third kappa shape index (κ3) is 5.21. The number of benzene rings is 1. The van der Waals surface area contributed by atoms with E-state index in [-0.39, 0.29) is 24.0 Å². The predicted molar refractivity (Wildman–Crippen MR) is 92.3 cm³/mol. The molecule has 1 heterocycles. The molecule has 1 fully saturated rings. The summed E-state index contributed by atoms with van der Waals surface area (Å²) in [6.45, 7) is 1.72. The van der Waals surface area contributed by atoms with Gasteiger partial charge in [-0.3, -0.25) is 9.69 Å². The normalized spacial score (nSPS) is 17.7. The fraction of sp³-hybridized carbons (Fsp3) is 0.562. The largest absolute Gasteiger partial charge is 0.378 e. The lowest BCUT2D eigenvalue weighted by Gasteiger charge is -2.28. The number of nitrogens with zero attached hydrogens (tertiary/aromatic N) is 3. The average molecular weight is 339 g/mol. The lowest BCUT2D eigenvalue weighted by molar-refractivity contribution is -0.131. The number of sulfone groups is 1. The minimum absolute atomic E-state index is 0.0148. The van der Waals surface area contributed by atoms with Crippen LogP contribution in [0.5, 0.6) is 0 Å². The highest BCUT2D eigenvalue weighted by atomic mass is 32.2. The van der Waals surface area contributed by atoms with Crippen LogP contribution in [0.4, 0.5) is 5.69 Å². The highest BCUT2D eigenvalue weighted by Crippen LogP contribution is 2.13. The fourth-order valence-electron chi connectivity index (χ4n) is 2.48. The maximum Gasteiger partial charge on any atom is 0.236 e. The predicted octanol–water partition coefficient (Wildman–Crippen LogP) is 0.441. The van der Waals surface area contributed by atoms with Crippen molar-refractivity contribution < 1.29 is 13.2 Å². The zero-order valence-corrected chi connectivity index (χ0v) is 14.8. The summed E-state index contributed by atoms with van der Waals surface area (Å²) in [4.78, 5) is 17.9. The van der Waals surface area contributed by atoms with Gasteiger partial charge in [-0.2, -0.15) is 0 Å². The number of carbonyl (C=O) groups is 1. The summed E-state index contributed by atoms with van der Waals surface area (Å²) in [7, 11) is 2.86. The number of carbonyl (C=O) groups excluding carboxylic acids is 1. The van der Waals surface area contributed by atoms with E-state index in [0.717, 1.165) is 11.3 Å². The Kier molecular flexibility index (Phi) is 5.64. The SMILES string of the molecule is CN(Cc1ccc(N(C)C)cc1)C(=O)CN1CCS(=O)(=O)CC1. The van der Waals surface area contributed by atoms with Crippen molar-refractivity contribution in [3.05, 3.63) is 29.8 Å². The van der Waals surface area contributed by atoms with E-state index >= 15 is 0 Å². The molecule has 1 aliphatic heterocycles. The Labute approximate surface area is 138 Å². The number of anilines is 1. The molecule has 1 aromatic rings. The van der Waals surface area contributed by atoms with E-state index in [9.17, 15) is 13.2 Å². The number of likely N-dealkylation sites (N-methyl/N-ethyl adjacent to an activating group) is 1. The van der Waals surface area contributed by atoms with Gasteiger partial charge in [0.1, 0.15) is 0 Å². The lowest BCUT2D eigenvalue weighted by Crippen LogP contribution is -2.45. The van der Waals surface area contributed by atoms with Gasteiger partial charge in [0.05, 0.1) is 18.1 Å². The molecule has 6 nitrogen and oxygen atoms in total. The molecule has 2 rings (SSSR count). The molecule has 0 aromatic heterocycles. The quantitative estimate of drug-likeness (QED) is 0.779. The Morgan fingerprint density at radius 1 is 1.09 bits per heavy atom. The zero-order valence-electron chi connectivity index (χ0n) is 14.0. The summed E-state index contributed by atoms with van der Waals surface area (Å²) in [5.74, 6) is 0.312. The monoisotopic (exact) mass is 339 g/mol. The summed E-state index contributed by atoms with van der Waals surface area (Å²) in [6, 6.07) is 8.10. The number of rotatable bonds is 5. The first kappa shape index (κ1) is 17.7. The van der Waals surface area contributed by atoms with Crippen molar-refractivity contribution in [2.75, 3.05) is 57.2 Å². The van der Waals surface area contributed by atoms with Crippen LogP contribution < -0.4 is 4.90 Å². The van der Waals surface area contributed by atoms with E-state index in [1.165, 1.54) is 0 Å². The van der Waals surface area contributed by atoms with E-state index in [2.05, 4.69) is 0 Å². The van der Waals surface area contributed by atoms with E-state index in [1.54, 1.807) is 11.9 Å². The average Bonchev–Trinajstić information content (AvgIpc) is 2.49. The van der Waals surface area contributed by atoms with Gasteiger partial charge in [-0.25, -0.2) is 8.42 Å². The first-order chi connectivity index (χ1) is 10.8. The van der Waals surface area contributed by atoms with Crippen LogP contribution in [0, 0.1) is 0 Å². The van der Waals surface area contributed by atoms with Crippen molar-refractivity contribution in [1.29, 1.82) is 0 Å². The fourth-order valence-corrected chi connectivity index (χ4v) is 3.76. The topological polar surface area (TPSA) is 60.9 Å². The molecule has 1 aromatic carbocycles. The van der Waals surface area contributed by atoms with Crippen molar-refractivity contribution >= 4 is 21.4 Å². The molecule has 0 saturated carbocycles. The highest BCUT2D eigenvalue weighted by Gasteiger charge is 2.23. The van der Waals surface area contributed by atoms with Crippen LogP contribution in [-0.2, 0) is 21.2 Å². The number of hydrogen-bond acceptors (Lipinski definition) is 5. The van der Waals surface area contributed by atoms with E-state index in [4.69, 9.17) is 0 Å². The minimum atomic E-state index is -2.90. The molecule has 0 bridgehead atoms. The van der Waals surface area contributed by atoms with Gasteiger partial charge in [0.25, 0.3) is 0 Å². The molecule has 1 amide bonds. The second-order valence-electron chi connectivity index (χ2n) is 6.24. The molecule has 128 valence electrons. The lowest BCUT2D eigenvalue weighted by atomic mass is 10.2. The molecular formula is C16H25N3O3S. The first-order valence-electron chi connectivity index (χ1n) is 7.70. The Balaban J connectivity index is 1.85. The van der Waals surface area contributed by atoms with Gasteiger partial charge in [-0.1, -0.05) is 12.1 Å². The molecule has 23 heavy (non-hydrogen) atoms. The van der Waals surface area contributed by atoms with Crippen LogP contribution >= 0.6 is 0 Å². The second kappa shape index (κ2) is 7.31. The Hall–Kier alpha value is -1.60. The van der Waals surface area contributed by atoms with Crippen molar-refractivity contribution in [2.24, 2.45) is 0 Å². The maximum atomic E-state index is 12.3. The Morgan fingerprint density at radius 3 is 2.17 bits per heavy atom. The summed E-state index contributed by atoms with van der Waals surface area (Å²) < 4.78 is 22.8. The summed E-state index contributed by atoms with van der Waals surface area (Å²) in [6.07, 6.45) is 0. The van der Waals surface area contributed by atoms with Crippen molar-refractivity contribution in [3.63, 3.8) is 0 Å². The zero-order chi connectivity index (χ0) is 17.0. The van der Waals surface area contributed by atoms with Crippen LogP contribution in [0.25, 0.3) is 0 Å². The van der Waals surface area contributed by atoms with Gasteiger partial charge < -0.3 is 9.80 Å². The van der Waals surface area contributed by atoms with Gasteiger partial charge in [0.2, 0.25) is 5.91 Å². The van der Waals surface area contributed by atoms with Gasteiger partial charge in [-0.15, -0.1) is 0 Å². The third-order valence-electron chi connectivity index (χ3n) is 4.09.